The number of hydrogen-bond donors (Lipinski definition) is 2. The summed E-state index contributed by atoms with van der Waals surface area (Å²) in [5, 5.41) is 10.1. The Hall–Kier alpha value is -3.18. The van der Waals surface area contributed by atoms with Gasteiger partial charge < -0.3 is 19.9 Å². The van der Waals surface area contributed by atoms with Gasteiger partial charge in [0.05, 0.1) is 18.5 Å². The van der Waals surface area contributed by atoms with Crippen molar-refractivity contribution in [2.24, 2.45) is 5.92 Å². The Bertz CT molecular complexity index is 1430. The van der Waals surface area contributed by atoms with Gasteiger partial charge in [-0.1, -0.05) is 18.2 Å². The first kappa shape index (κ1) is 28.9. The van der Waals surface area contributed by atoms with Gasteiger partial charge in [0.15, 0.2) is 0 Å². The third kappa shape index (κ3) is 5.48. The Kier molecular flexibility index (Phi) is 7.67. The summed E-state index contributed by atoms with van der Waals surface area (Å²) in [5.74, 6) is -2.77. The highest BCUT2D eigenvalue weighted by Gasteiger charge is 2.44. The highest BCUT2D eigenvalue weighted by Crippen LogP contribution is 2.44. The van der Waals surface area contributed by atoms with Crippen molar-refractivity contribution < 1.29 is 31.9 Å². The Morgan fingerprint density at radius 3 is 2.26 bits per heavy atom. The molecule has 0 aliphatic carbocycles. The van der Waals surface area contributed by atoms with Crippen LogP contribution in [-0.2, 0) is 11.2 Å². The molecule has 3 aliphatic heterocycles. The fraction of sp³-hybridized carbons (Fsp3) is 0.516. The van der Waals surface area contributed by atoms with Crippen LogP contribution < -0.4 is 4.90 Å². The molecule has 11 heteroatoms. The number of benzene rings is 2. The van der Waals surface area contributed by atoms with E-state index in [0.29, 0.717) is 43.7 Å². The normalized spacial score (nSPS) is 23.4. The number of likely N-dealkylation sites (tertiary alicyclic amines) is 1. The first-order chi connectivity index (χ1) is 20.0. The van der Waals surface area contributed by atoms with Crippen molar-refractivity contribution in [3.63, 3.8) is 0 Å². The molecule has 0 spiro atoms. The fourth-order valence-corrected chi connectivity index (χ4v) is 7.29. The van der Waals surface area contributed by atoms with E-state index in [1.807, 2.05) is 29.2 Å². The third-order valence-corrected chi connectivity index (χ3v) is 9.44. The molecule has 3 aromatic rings. The van der Waals surface area contributed by atoms with Crippen LogP contribution in [0.3, 0.4) is 0 Å². The van der Waals surface area contributed by atoms with E-state index in [0.717, 1.165) is 47.3 Å². The number of rotatable bonds is 5. The molecule has 0 amide bonds. The summed E-state index contributed by atoms with van der Waals surface area (Å²) in [7, 11) is 0. The lowest BCUT2D eigenvalue weighted by molar-refractivity contribution is -0.155. The number of para-hydroxylation sites is 1. The number of carbonyl (C=O) groups is 1. The molecule has 2 aromatic carbocycles. The van der Waals surface area contributed by atoms with Crippen LogP contribution in [0.5, 0.6) is 0 Å². The Balaban J connectivity index is 1.26. The van der Waals surface area contributed by atoms with Crippen molar-refractivity contribution in [3.05, 3.63) is 64.9 Å². The summed E-state index contributed by atoms with van der Waals surface area (Å²) in [5.41, 5.74) is 1.91. The zero-order chi connectivity index (χ0) is 29.8. The van der Waals surface area contributed by atoms with E-state index in [1.54, 1.807) is 6.92 Å². The summed E-state index contributed by atoms with van der Waals surface area (Å²) < 4.78 is 73.1. The van der Waals surface area contributed by atoms with E-state index in [-0.39, 0.29) is 17.5 Å². The van der Waals surface area contributed by atoms with Crippen LogP contribution in [0, 0.1) is 17.6 Å². The minimum atomic E-state index is -4.55. The van der Waals surface area contributed by atoms with E-state index in [2.05, 4.69) is 9.88 Å². The average Bonchev–Trinajstić information content (AvgIpc) is 3.31. The van der Waals surface area contributed by atoms with E-state index >= 15 is 8.78 Å². The monoisotopic (exact) mass is 590 g/mol. The van der Waals surface area contributed by atoms with Gasteiger partial charge in [0.25, 0.3) is 0 Å². The molecule has 2 saturated heterocycles. The number of nitrogens with one attached hydrogen (secondary N) is 1. The maximum Gasteiger partial charge on any atom is 0.401 e. The van der Waals surface area contributed by atoms with Crippen molar-refractivity contribution >= 4 is 22.6 Å². The predicted molar refractivity (Wildman–Crippen MR) is 150 cm³/mol. The zero-order valence-corrected chi connectivity index (χ0v) is 23.4. The molecule has 0 unspecified atom stereocenters. The van der Waals surface area contributed by atoms with Gasteiger partial charge in [0, 0.05) is 53.0 Å². The summed E-state index contributed by atoms with van der Waals surface area (Å²) in [6, 6.07) is 8.29. The topological polar surface area (TPSA) is 62.8 Å². The average molecular weight is 591 g/mol. The quantitative estimate of drug-likeness (QED) is 0.351. The molecule has 6 rings (SSSR count). The molecule has 2 fully saturated rings. The van der Waals surface area contributed by atoms with Crippen LogP contribution in [0.1, 0.15) is 55.5 Å². The van der Waals surface area contributed by atoms with Crippen LogP contribution in [0.25, 0.3) is 10.9 Å². The number of carboxylic acid groups (broad SMARTS) is 1. The summed E-state index contributed by atoms with van der Waals surface area (Å²) in [6.07, 6.45) is -1.42. The van der Waals surface area contributed by atoms with Gasteiger partial charge in [0.1, 0.15) is 11.6 Å². The van der Waals surface area contributed by atoms with Crippen molar-refractivity contribution in [2.75, 3.05) is 37.6 Å². The van der Waals surface area contributed by atoms with Crippen molar-refractivity contribution in [1.82, 2.24) is 14.8 Å². The molecular weight excluding hydrogens is 555 g/mol. The highest BCUT2D eigenvalue weighted by molar-refractivity contribution is 5.85. The molecule has 2 N–H and O–H groups in total. The zero-order valence-electron chi connectivity index (χ0n) is 23.4. The minimum Gasteiger partial charge on any atom is -0.481 e. The van der Waals surface area contributed by atoms with E-state index < -0.39 is 42.4 Å². The number of nitrogens with zero attached hydrogens (tertiary/aromatic N) is 3. The summed E-state index contributed by atoms with van der Waals surface area (Å²) in [4.78, 5) is 19.8. The smallest absolute Gasteiger partial charge is 0.401 e. The molecule has 2 atom stereocenters. The van der Waals surface area contributed by atoms with Crippen molar-refractivity contribution in [3.8, 4) is 0 Å². The molecule has 0 radical (unpaired) electrons. The lowest BCUT2D eigenvalue weighted by Crippen LogP contribution is -2.48. The van der Waals surface area contributed by atoms with E-state index in [4.69, 9.17) is 0 Å². The SMILES string of the molecule is C[C@@H]1Cc2c([nH]c3ccccc23)[C@@H](c2c(F)cc(N3CCC(N4CCC(C(=O)O)CC4)CC3)cc2F)N1CC(F)(F)F. The summed E-state index contributed by atoms with van der Waals surface area (Å²) in [6.45, 7) is 2.99. The molecule has 42 heavy (non-hydrogen) atoms. The molecule has 0 saturated carbocycles. The first-order valence-electron chi connectivity index (χ1n) is 14.6. The number of alkyl halides is 3. The standard InChI is InChI=1S/C31H35F5N4O2/c1-18-14-23-22-4-2-3-5-26(22)37-28(23)29(40(18)17-31(34,35)36)27-24(32)15-21(16-25(27)33)39-12-8-20(9-13-39)38-10-6-19(7-11-38)30(41)42/h2-5,15-16,18-20,29,37H,6-14,17H2,1H3,(H,41,42)/t18-,29-/m1/s1. The first-order valence-corrected chi connectivity index (χ1v) is 14.6. The van der Waals surface area contributed by atoms with Gasteiger partial charge in [-0.25, -0.2) is 8.78 Å². The number of carboxylic acids is 1. The second-order valence-electron chi connectivity index (χ2n) is 12.0. The number of aliphatic carboxylic acids is 1. The van der Waals surface area contributed by atoms with Gasteiger partial charge in [-0.2, -0.15) is 13.2 Å². The van der Waals surface area contributed by atoms with Crippen LogP contribution in [-0.4, -0.2) is 76.8 Å². The molecule has 4 heterocycles. The molecule has 226 valence electrons. The van der Waals surface area contributed by atoms with Crippen LogP contribution >= 0.6 is 0 Å². The second-order valence-corrected chi connectivity index (χ2v) is 12.0. The third-order valence-electron chi connectivity index (χ3n) is 9.44. The van der Waals surface area contributed by atoms with Crippen LogP contribution in [0.2, 0.25) is 0 Å². The minimum absolute atomic E-state index is 0.282. The Morgan fingerprint density at radius 2 is 1.64 bits per heavy atom. The number of anilines is 1. The largest absolute Gasteiger partial charge is 0.481 e. The maximum absolute atomic E-state index is 16.0. The Labute approximate surface area is 241 Å². The number of aromatic nitrogens is 1. The van der Waals surface area contributed by atoms with E-state index in [1.165, 1.54) is 12.1 Å². The number of hydrogen-bond acceptors (Lipinski definition) is 4. The van der Waals surface area contributed by atoms with Crippen molar-refractivity contribution in [2.45, 2.75) is 63.3 Å². The Morgan fingerprint density at radius 1 is 1.00 bits per heavy atom. The van der Waals surface area contributed by atoms with Gasteiger partial charge >= 0.3 is 12.1 Å². The number of fused-ring (bicyclic) bond motifs is 3. The van der Waals surface area contributed by atoms with Gasteiger partial charge in [0.2, 0.25) is 0 Å². The molecule has 3 aliphatic rings. The molecule has 0 bridgehead atoms. The lowest BCUT2D eigenvalue weighted by atomic mass is 9.88. The molecule has 6 nitrogen and oxygen atoms in total. The van der Waals surface area contributed by atoms with E-state index in [9.17, 15) is 23.1 Å². The predicted octanol–water partition coefficient (Wildman–Crippen LogP) is 6.11. The number of piperidine rings is 2. The van der Waals surface area contributed by atoms with Crippen LogP contribution in [0.15, 0.2) is 36.4 Å². The molecule has 1 aromatic heterocycles. The van der Waals surface area contributed by atoms with Gasteiger partial charge in [-0.05, 0) is 75.9 Å². The number of halogens is 5. The van der Waals surface area contributed by atoms with Crippen LogP contribution in [0.4, 0.5) is 27.6 Å². The second kappa shape index (κ2) is 11.1. The lowest BCUT2D eigenvalue weighted by Gasteiger charge is -2.42. The fourth-order valence-electron chi connectivity index (χ4n) is 7.29. The van der Waals surface area contributed by atoms with Gasteiger partial charge in [-0.3, -0.25) is 9.69 Å². The summed E-state index contributed by atoms with van der Waals surface area (Å²) >= 11 is 0. The number of aromatic amines is 1. The maximum atomic E-state index is 16.0. The highest BCUT2D eigenvalue weighted by atomic mass is 19.4. The number of H-pyrrole nitrogens is 1. The van der Waals surface area contributed by atoms with Gasteiger partial charge in [-0.15, -0.1) is 0 Å². The molecular formula is C31H35F5N4O2. The van der Waals surface area contributed by atoms with Crippen molar-refractivity contribution in [1.29, 1.82) is 0 Å².